The molecule has 2 N–H and O–H groups in total. The Morgan fingerprint density at radius 2 is 1.86 bits per heavy atom. The smallest absolute Gasteiger partial charge is 0.325 e. The highest BCUT2D eigenvalue weighted by molar-refractivity contribution is 6.08. The van der Waals surface area contributed by atoms with Crippen LogP contribution in [0.1, 0.15) is 12.0 Å². The van der Waals surface area contributed by atoms with Crippen LogP contribution in [-0.2, 0) is 16.1 Å². The van der Waals surface area contributed by atoms with Crippen molar-refractivity contribution >= 4 is 34.4 Å². The predicted octanol–water partition coefficient (Wildman–Crippen LogP) is 2.68. The van der Waals surface area contributed by atoms with Crippen LogP contribution in [0.25, 0.3) is 10.9 Å². The van der Waals surface area contributed by atoms with Crippen LogP contribution in [0.3, 0.4) is 0 Å². The van der Waals surface area contributed by atoms with Gasteiger partial charge >= 0.3 is 6.03 Å². The highest BCUT2D eigenvalue weighted by Crippen LogP contribution is 2.22. The van der Waals surface area contributed by atoms with Crippen LogP contribution < -0.4 is 10.6 Å². The number of hydrogen-bond acceptors (Lipinski definition) is 4. The Bertz CT molecular complexity index is 1050. The fraction of sp³-hybridized carbons (Fsp3) is 0.143. The van der Waals surface area contributed by atoms with E-state index in [4.69, 9.17) is 0 Å². The second kappa shape index (κ2) is 7.48. The monoisotopic (exact) mass is 374 g/mol. The van der Waals surface area contributed by atoms with E-state index in [1.165, 1.54) is 0 Å². The van der Waals surface area contributed by atoms with Crippen molar-refractivity contribution < 1.29 is 14.4 Å². The summed E-state index contributed by atoms with van der Waals surface area (Å²) in [5.41, 5.74) is 2.23. The van der Waals surface area contributed by atoms with Gasteiger partial charge in [0, 0.05) is 11.6 Å². The van der Waals surface area contributed by atoms with Crippen LogP contribution in [0.5, 0.6) is 0 Å². The third-order valence-corrected chi connectivity index (χ3v) is 4.60. The SMILES string of the molecule is O=C(CC1NC(=O)N(Cc2ccccc2)C1=O)Nc1cccc2ncccc12. The first-order chi connectivity index (χ1) is 13.6. The van der Waals surface area contributed by atoms with Gasteiger partial charge in [-0.2, -0.15) is 0 Å². The summed E-state index contributed by atoms with van der Waals surface area (Å²) >= 11 is 0. The fourth-order valence-corrected chi connectivity index (χ4v) is 3.23. The third kappa shape index (κ3) is 3.55. The Morgan fingerprint density at radius 3 is 2.68 bits per heavy atom. The van der Waals surface area contributed by atoms with Gasteiger partial charge < -0.3 is 10.6 Å². The molecule has 2 heterocycles. The number of benzene rings is 2. The third-order valence-electron chi connectivity index (χ3n) is 4.60. The number of nitrogens with zero attached hydrogens (tertiary/aromatic N) is 2. The molecule has 1 unspecified atom stereocenters. The van der Waals surface area contributed by atoms with Crippen LogP contribution in [-0.4, -0.2) is 33.8 Å². The van der Waals surface area contributed by atoms with Crippen molar-refractivity contribution in [2.75, 3.05) is 5.32 Å². The van der Waals surface area contributed by atoms with E-state index in [0.29, 0.717) is 5.69 Å². The van der Waals surface area contributed by atoms with E-state index in [1.54, 1.807) is 24.4 Å². The standard InChI is InChI=1S/C21H18N4O3/c26-19(23-17-10-4-9-16-15(17)8-5-11-22-16)12-18-20(27)25(21(28)24-18)13-14-6-2-1-3-7-14/h1-11,18H,12-13H2,(H,23,26)(H,24,28). The highest BCUT2D eigenvalue weighted by atomic mass is 16.2. The van der Waals surface area contributed by atoms with Gasteiger partial charge in [-0.3, -0.25) is 19.5 Å². The number of hydrogen-bond donors (Lipinski definition) is 2. The zero-order valence-electron chi connectivity index (χ0n) is 15.0. The van der Waals surface area contributed by atoms with Crippen LogP contribution in [0.15, 0.2) is 66.9 Å². The normalized spacial score (nSPS) is 16.3. The number of aromatic nitrogens is 1. The molecule has 1 aromatic heterocycles. The predicted molar refractivity (Wildman–Crippen MR) is 104 cm³/mol. The van der Waals surface area contributed by atoms with Gasteiger partial charge in [0.25, 0.3) is 5.91 Å². The summed E-state index contributed by atoms with van der Waals surface area (Å²) < 4.78 is 0. The van der Waals surface area contributed by atoms with E-state index in [9.17, 15) is 14.4 Å². The molecule has 1 saturated heterocycles. The minimum Gasteiger partial charge on any atom is -0.325 e. The Labute approximate surface area is 161 Å². The first kappa shape index (κ1) is 17.7. The van der Waals surface area contributed by atoms with Gasteiger partial charge in [0.2, 0.25) is 5.91 Å². The van der Waals surface area contributed by atoms with Gasteiger partial charge in [-0.1, -0.05) is 36.4 Å². The number of urea groups is 1. The van der Waals surface area contributed by atoms with E-state index in [2.05, 4.69) is 15.6 Å². The lowest BCUT2D eigenvalue weighted by Crippen LogP contribution is -2.34. The largest absolute Gasteiger partial charge is 0.325 e. The minimum absolute atomic E-state index is 0.132. The number of rotatable bonds is 5. The van der Waals surface area contributed by atoms with Gasteiger partial charge in [0.05, 0.1) is 24.2 Å². The zero-order valence-corrected chi connectivity index (χ0v) is 15.0. The molecule has 1 atom stereocenters. The summed E-state index contributed by atoms with van der Waals surface area (Å²) in [5.74, 6) is -0.750. The fourth-order valence-electron chi connectivity index (χ4n) is 3.23. The molecule has 1 aliphatic heterocycles. The second-order valence-corrected chi connectivity index (χ2v) is 6.54. The van der Waals surface area contributed by atoms with Crippen molar-refractivity contribution in [3.05, 3.63) is 72.4 Å². The molecule has 0 radical (unpaired) electrons. The van der Waals surface area contributed by atoms with Crippen molar-refractivity contribution in [1.82, 2.24) is 15.2 Å². The number of imide groups is 1. The van der Waals surface area contributed by atoms with Gasteiger partial charge in [0.1, 0.15) is 6.04 Å². The number of carbonyl (C=O) groups is 3. The van der Waals surface area contributed by atoms with Crippen LogP contribution in [0.4, 0.5) is 10.5 Å². The number of amides is 4. The van der Waals surface area contributed by atoms with E-state index in [0.717, 1.165) is 21.4 Å². The van der Waals surface area contributed by atoms with Gasteiger partial charge in [0.15, 0.2) is 0 Å². The maximum absolute atomic E-state index is 12.6. The Morgan fingerprint density at radius 1 is 1.04 bits per heavy atom. The molecule has 7 heteroatoms. The average molecular weight is 374 g/mol. The molecule has 0 spiro atoms. The number of carbonyl (C=O) groups excluding carboxylic acids is 3. The molecule has 28 heavy (non-hydrogen) atoms. The molecular formula is C21H18N4O3. The molecule has 4 amide bonds. The lowest BCUT2D eigenvalue weighted by molar-refractivity contribution is -0.130. The van der Waals surface area contributed by atoms with Crippen molar-refractivity contribution in [2.45, 2.75) is 19.0 Å². The molecule has 140 valence electrons. The van der Waals surface area contributed by atoms with E-state index >= 15 is 0 Å². The lowest BCUT2D eigenvalue weighted by Gasteiger charge is -2.13. The van der Waals surface area contributed by atoms with Gasteiger partial charge in [-0.25, -0.2) is 4.79 Å². The summed E-state index contributed by atoms with van der Waals surface area (Å²) in [6, 6.07) is 17.0. The molecule has 0 aliphatic carbocycles. The van der Waals surface area contributed by atoms with Crippen LogP contribution in [0, 0.1) is 0 Å². The molecule has 0 saturated carbocycles. The average Bonchev–Trinajstić information content (AvgIpc) is 2.96. The Kier molecular flexibility index (Phi) is 4.72. The Balaban J connectivity index is 1.43. The van der Waals surface area contributed by atoms with E-state index in [-0.39, 0.29) is 18.9 Å². The number of anilines is 1. The molecule has 1 aliphatic rings. The second-order valence-electron chi connectivity index (χ2n) is 6.54. The molecule has 7 nitrogen and oxygen atoms in total. The zero-order chi connectivity index (χ0) is 19.5. The summed E-state index contributed by atoms with van der Waals surface area (Å²) in [7, 11) is 0. The highest BCUT2D eigenvalue weighted by Gasteiger charge is 2.38. The van der Waals surface area contributed by atoms with Gasteiger partial charge in [-0.15, -0.1) is 0 Å². The van der Waals surface area contributed by atoms with Crippen LogP contribution >= 0.6 is 0 Å². The van der Waals surface area contributed by atoms with Crippen molar-refractivity contribution in [2.24, 2.45) is 0 Å². The first-order valence-electron chi connectivity index (χ1n) is 8.91. The lowest BCUT2D eigenvalue weighted by atomic mass is 10.1. The number of fused-ring (bicyclic) bond motifs is 1. The van der Waals surface area contributed by atoms with E-state index in [1.807, 2.05) is 42.5 Å². The molecule has 0 bridgehead atoms. The van der Waals surface area contributed by atoms with Crippen LogP contribution in [0.2, 0.25) is 0 Å². The molecule has 4 rings (SSSR count). The summed E-state index contributed by atoms with van der Waals surface area (Å²) in [6.45, 7) is 0.179. The molecule has 3 aromatic rings. The van der Waals surface area contributed by atoms with Gasteiger partial charge in [-0.05, 0) is 29.8 Å². The van der Waals surface area contributed by atoms with Crippen molar-refractivity contribution in [1.29, 1.82) is 0 Å². The number of nitrogens with one attached hydrogen (secondary N) is 2. The van der Waals surface area contributed by atoms with E-state index < -0.39 is 18.0 Å². The van der Waals surface area contributed by atoms with Crippen molar-refractivity contribution in [3.8, 4) is 0 Å². The quantitative estimate of drug-likeness (QED) is 0.672. The topological polar surface area (TPSA) is 91.4 Å². The maximum Gasteiger partial charge on any atom is 0.325 e. The summed E-state index contributed by atoms with van der Waals surface area (Å²) in [5, 5.41) is 6.21. The molecular weight excluding hydrogens is 356 g/mol. The first-order valence-corrected chi connectivity index (χ1v) is 8.91. The Hall–Kier alpha value is -3.74. The van der Waals surface area contributed by atoms with Crippen molar-refractivity contribution in [3.63, 3.8) is 0 Å². The maximum atomic E-state index is 12.6. The molecule has 2 aromatic carbocycles. The molecule has 1 fully saturated rings. The summed E-state index contributed by atoms with van der Waals surface area (Å²) in [4.78, 5) is 42.6. The number of pyridine rings is 1. The summed E-state index contributed by atoms with van der Waals surface area (Å²) in [6.07, 6.45) is 1.55. The minimum atomic E-state index is -0.871.